The summed E-state index contributed by atoms with van der Waals surface area (Å²) < 4.78 is 10.4. The number of barbiturate groups is 1. The van der Waals surface area contributed by atoms with E-state index in [1.807, 2.05) is 0 Å². The molecule has 2 heterocycles. The molecule has 8 nitrogen and oxygen atoms in total. The minimum absolute atomic E-state index is 0.177. The lowest BCUT2D eigenvalue weighted by Crippen LogP contribution is -2.52. The third-order valence-electron chi connectivity index (χ3n) is 4.13. The molecule has 2 aromatic rings. The number of nitrogens with zero attached hydrogens (tertiary/aromatic N) is 2. The normalized spacial score (nSPS) is 14.6. The third kappa shape index (κ3) is 3.24. The van der Waals surface area contributed by atoms with Crippen molar-refractivity contribution in [2.75, 3.05) is 21.2 Å². The molecule has 0 atom stereocenters. The lowest BCUT2D eigenvalue weighted by Gasteiger charge is -2.28. The minimum atomic E-state index is -0.700. The molecular formula is C19H16N2O6. The molecule has 0 aliphatic carbocycles. The largest absolute Gasteiger partial charge is 0.465 e. The van der Waals surface area contributed by atoms with Gasteiger partial charge in [-0.2, -0.15) is 0 Å². The SMILES string of the molecule is COC(=O)c1cccc(-c2ccc(C=C3C(=O)N(C)C(=O)N(C)C3=O)o2)c1. The number of benzene rings is 1. The van der Waals surface area contributed by atoms with Crippen LogP contribution < -0.4 is 0 Å². The second-order valence-corrected chi connectivity index (χ2v) is 5.84. The molecular weight excluding hydrogens is 352 g/mol. The Morgan fingerprint density at radius 2 is 1.70 bits per heavy atom. The van der Waals surface area contributed by atoms with Gasteiger partial charge in [-0.3, -0.25) is 19.4 Å². The van der Waals surface area contributed by atoms with Gasteiger partial charge in [-0.15, -0.1) is 0 Å². The van der Waals surface area contributed by atoms with Crippen LogP contribution >= 0.6 is 0 Å². The number of imide groups is 2. The molecule has 1 aliphatic rings. The van der Waals surface area contributed by atoms with E-state index in [0.29, 0.717) is 16.9 Å². The maximum absolute atomic E-state index is 12.2. The van der Waals surface area contributed by atoms with E-state index in [0.717, 1.165) is 9.80 Å². The maximum Gasteiger partial charge on any atom is 0.337 e. The van der Waals surface area contributed by atoms with Crippen molar-refractivity contribution in [1.29, 1.82) is 0 Å². The lowest BCUT2D eigenvalue weighted by molar-refractivity contribution is -0.134. The van der Waals surface area contributed by atoms with Crippen molar-refractivity contribution in [1.82, 2.24) is 9.80 Å². The number of carbonyl (C=O) groups excluding carboxylic acids is 4. The van der Waals surface area contributed by atoms with Crippen LogP contribution in [0.15, 0.2) is 46.4 Å². The molecule has 0 saturated carbocycles. The number of furan rings is 1. The highest BCUT2D eigenvalue weighted by molar-refractivity contribution is 6.30. The topological polar surface area (TPSA) is 97.1 Å². The number of methoxy groups -OCH3 is 1. The second kappa shape index (κ2) is 6.91. The summed E-state index contributed by atoms with van der Waals surface area (Å²) in [5, 5.41) is 0. The molecule has 138 valence electrons. The molecule has 1 saturated heterocycles. The zero-order chi connectivity index (χ0) is 19.7. The van der Waals surface area contributed by atoms with Gasteiger partial charge in [0.05, 0.1) is 12.7 Å². The summed E-state index contributed by atoms with van der Waals surface area (Å²) in [6.45, 7) is 0. The number of carbonyl (C=O) groups is 4. The fraction of sp³-hybridized carbons (Fsp3) is 0.158. The molecule has 0 bridgehead atoms. The molecule has 1 aromatic heterocycles. The molecule has 4 amide bonds. The van der Waals surface area contributed by atoms with E-state index in [2.05, 4.69) is 0 Å². The van der Waals surface area contributed by atoms with E-state index >= 15 is 0 Å². The van der Waals surface area contributed by atoms with Gasteiger partial charge in [-0.05, 0) is 30.3 Å². The summed E-state index contributed by atoms with van der Waals surface area (Å²) in [4.78, 5) is 49.6. The van der Waals surface area contributed by atoms with Crippen molar-refractivity contribution in [2.24, 2.45) is 0 Å². The van der Waals surface area contributed by atoms with Gasteiger partial charge in [-0.25, -0.2) is 9.59 Å². The van der Waals surface area contributed by atoms with Crippen LogP contribution in [0.4, 0.5) is 4.79 Å². The Labute approximate surface area is 154 Å². The van der Waals surface area contributed by atoms with Crippen LogP contribution in [0, 0.1) is 0 Å². The van der Waals surface area contributed by atoms with Gasteiger partial charge in [0.25, 0.3) is 11.8 Å². The number of urea groups is 1. The third-order valence-corrected chi connectivity index (χ3v) is 4.13. The van der Waals surface area contributed by atoms with Crippen molar-refractivity contribution < 1.29 is 28.3 Å². The lowest BCUT2D eigenvalue weighted by atomic mass is 10.1. The van der Waals surface area contributed by atoms with Crippen molar-refractivity contribution in [3.8, 4) is 11.3 Å². The summed E-state index contributed by atoms with van der Waals surface area (Å²) in [5.74, 6) is -1.16. The van der Waals surface area contributed by atoms with E-state index in [9.17, 15) is 19.2 Å². The van der Waals surface area contributed by atoms with E-state index in [-0.39, 0.29) is 11.3 Å². The smallest absolute Gasteiger partial charge is 0.337 e. The van der Waals surface area contributed by atoms with Gasteiger partial charge in [0.15, 0.2) is 0 Å². The first-order valence-corrected chi connectivity index (χ1v) is 7.94. The summed E-state index contributed by atoms with van der Waals surface area (Å²) in [6, 6.07) is 9.21. The van der Waals surface area contributed by atoms with Crippen LogP contribution in [0.25, 0.3) is 17.4 Å². The average Bonchev–Trinajstić information content (AvgIpc) is 3.16. The van der Waals surface area contributed by atoms with E-state index in [4.69, 9.17) is 9.15 Å². The van der Waals surface area contributed by atoms with Gasteiger partial charge in [-0.1, -0.05) is 12.1 Å². The van der Waals surface area contributed by atoms with Gasteiger partial charge in [0.1, 0.15) is 17.1 Å². The number of rotatable bonds is 3. The standard InChI is InChI=1S/C19H16N2O6/c1-20-16(22)14(17(23)21(2)19(20)25)10-13-7-8-15(27-13)11-5-4-6-12(9-11)18(24)26-3/h4-10H,1-3H3. The van der Waals surface area contributed by atoms with Crippen LogP contribution in [0.3, 0.4) is 0 Å². The highest BCUT2D eigenvalue weighted by atomic mass is 16.5. The van der Waals surface area contributed by atoms with Crippen LogP contribution in [0.2, 0.25) is 0 Å². The Hall–Kier alpha value is -3.68. The zero-order valence-electron chi connectivity index (χ0n) is 14.9. The Kier molecular flexibility index (Phi) is 4.64. The van der Waals surface area contributed by atoms with E-state index < -0.39 is 23.8 Å². The molecule has 8 heteroatoms. The van der Waals surface area contributed by atoms with Gasteiger partial charge >= 0.3 is 12.0 Å². The summed E-state index contributed by atoms with van der Waals surface area (Å²) >= 11 is 0. The van der Waals surface area contributed by atoms with Gasteiger partial charge in [0.2, 0.25) is 0 Å². The molecule has 27 heavy (non-hydrogen) atoms. The Morgan fingerprint density at radius 3 is 2.33 bits per heavy atom. The molecule has 0 unspecified atom stereocenters. The zero-order valence-corrected chi connectivity index (χ0v) is 14.9. The molecule has 0 radical (unpaired) electrons. The fourth-order valence-electron chi connectivity index (χ4n) is 2.62. The number of esters is 1. The van der Waals surface area contributed by atoms with Gasteiger partial charge < -0.3 is 9.15 Å². The Bertz CT molecular complexity index is 962. The summed E-state index contributed by atoms with van der Waals surface area (Å²) in [7, 11) is 3.89. The summed E-state index contributed by atoms with van der Waals surface area (Å²) in [6.07, 6.45) is 1.29. The first-order valence-electron chi connectivity index (χ1n) is 7.94. The first kappa shape index (κ1) is 18.1. The Balaban J connectivity index is 1.93. The molecule has 0 N–H and O–H groups in total. The van der Waals surface area contributed by atoms with Crippen molar-refractivity contribution in [3.05, 3.63) is 53.3 Å². The van der Waals surface area contributed by atoms with Gasteiger partial charge in [0, 0.05) is 19.7 Å². The maximum atomic E-state index is 12.2. The van der Waals surface area contributed by atoms with Crippen LogP contribution in [-0.2, 0) is 14.3 Å². The highest BCUT2D eigenvalue weighted by Crippen LogP contribution is 2.26. The van der Waals surface area contributed by atoms with Crippen LogP contribution in [0.5, 0.6) is 0 Å². The fourth-order valence-corrected chi connectivity index (χ4v) is 2.62. The quantitative estimate of drug-likeness (QED) is 0.468. The van der Waals surface area contributed by atoms with Crippen molar-refractivity contribution >= 4 is 29.9 Å². The monoisotopic (exact) mass is 368 g/mol. The van der Waals surface area contributed by atoms with Crippen molar-refractivity contribution in [3.63, 3.8) is 0 Å². The average molecular weight is 368 g/mol. The minimum Gasteiger partial charge on any atom is -0.465 e. The number of hydrogen-bond acceptors (Lipinski definition) is 6. The second-order valence-electron chi connectivity index (χ2n) is 5.84. The number of amides is 4. The van der Waals surface area contributed by atoms with E-state index in [1.54, 1.807) is 36.4 Å². The molecule has 0 spiro atoms. The molecule has 1 aliphatic heterocycles. The van der Waals surface area contributed by atoms with Crippen LogP contribution in [-0.4, -0.2) is 54.8 Å². The predicted molar refractivity (Wildman–Crippen MR) is 94.4 cm³/mol. The predicted octanol–water partition coefficient (Wildman–Crippen LogP) is 2.17. The number of ether oxygens (including phenoxy) is 1. The van der Waals surface area contributed by atoms with Crippen LogP contribution in [0.1, 0.15) is 16.1 Å². The van der Waals surface area contributed by atoms with Crippen molar-refractivity contribution in [2.45, 2.75) is 0 Å². The summed E-state index contributed by atoms with van der Waals surface area (Å²) in [5.41, 5.74) is 0.822. The molecule has 1 aromatic carbocycles. The Morgan fingerprint density at radius 1 is 1.04 bits per heavy atom. The van der Waals surface area contributed by atoms with E-state index in [1.165, 1.54) is 27.3 Å². The molecule has 1 fully saturated rings. The molecule has 3 rings (SSSR count). The first-order chi connectivity index (χ1) is 12.8. The number of likely N-dealkylation sites (N-methyl/N-ethyl adjacent to an activating group) is 2. The highest BCUT2D eigenvalue weighted by Gasteiger charge is 2.38. The number of hydrogen-bond donors (Lipinski definition) is 0.